The van der Waals surface area contributed by atoms with Gasteiger partial charge in [0.05, 0.1) is 16.8 Å². The van der Waals surface area contributed by atoms with E-state index in [1.807, 2.05) is 48.2 Å². The molecule has 1 fully saturated rings. The van der Waals surface area contributed by atoms with E-state index < -0.39 is 0 Å². The normalized spacial score (nSPS) is 14.5. The first-order valence-electron chi connectivity index (χ1n) is 11.2. The van der Waals surface area contributed by atoms with Gasteiger partial charge in [-0.05, 0) is 42.3 Å². The number of pyridine rings is 2. The molecule has 0 saturated carbocycles. The zero-order valence-corrected chi connectivity index (χ0v) is 19.3. The summed E-state index contributed by atoms with van der Waals surface area (Å²) in [5.41, 5.74) is 5.20. The maximum Gasteiger partial charge on any atom is 0.254 e. The molecular formula is C27H25ClN4O. The minimum Gasteiger partial charge on any atom is -0.336 e. The van der Waals surface area contributed by atoms with E-state index in [2.05, 4.69) is 34.1 Å². The Morgan fingerprint density at radius 2 is 1.79 bits per heavy atom. The molecule has 2 aromatic heterocycles. The largest absolute Gasteiger partial charge is 0.336 e. The minimum atomic E-state index is 0.0358. The Kier molecular flexibility index (Phi) is 6.07. The number of hydrogen-bond donors (Lipinski definition) is 0. The molecule has 0 unspecified atom stereocenters. The number of carbonyl (C=O) groups excluding carboxylic acids is 1. The van der Waals surface area contributed by atoms with Crippen LogP contribution in [0.1, 0.15) is 21.5 Å². The number of rotatable bonds is 4. The van der Waals surface area contributed by atoms with Crippen LogP contribution in [0.3, 0.4) is 0 Å². The standard InChI is InChI=1S/C27H25ClN4O/c1-19-24(28)10-9-22-23(16-25(30-26(19)22)21-8-5-11-29-17-21)27(33)32-14-12-31(13-15-32)18-20-6-3-2-4-7-20/h2-11,16-17H,12-15,18H2,1H3. The molecule has 166 valence electrons. The predicted molar refractivity (Wildman–Crippen MR) is 132 cm³/mol. The molecule has 1 amide bonds. The van der Waals surface area contributed by atoms with Crippen LogP contribution in [0.4, 0.5) is 0 Å². The van der Waals surface area contributed by atoms with Gasteiger partial charge in [0.1, 0.15) is 0 Å². The average molecular weight is 457 g/mol. The summed E-state index contributed by atoms with van der Waals surface area (Å²) in [5, 5.41) is 1.48. The van der Waals surface area contributed by atoms with Gasteiger partial charge in [0.2, 0.25) is 0 Å². The van der Waals surface area contributed by atoms with Crippen molar-refractivity contribution in [1.82, 2.24) is 19.8 Å². The number of aryl methyl sites for hydroxylation is 1. The van der Waals surface area contributed by atoms with Crippen molar-refractivity contribution in [3.05, 3.63) is 94.8 Å². The molecule has 1 saturated heterocycles. The second-order valence-electron chi connectivity index (χ2n) is 8.42. The van der Waals surface area contributed by atoms with E-state index in [9.17, 15) is 4.79 Å². The molecule has 2 aromatic carbocycles. The van der Waals surface area contributed by atoms with Crippen LogP contribution in [0.5, 0.6) is 0 Å². The highest BCUT2D eigenvalue weighted by Crippen LogP contribution is 2.31. The Labute approximate surface area is 198 Å². The Hall–Kier alpha value is -3.28. The Bertz CT molecular complexity index is 1290. The van der Waals surface area contributed by atoms with Crippen LogP contribution in [0, 0.1) is 6.92 Å². The van der Waals surface area contributed by atoms with E-state index in [1.54, 1.807) is 12.4 Å². The van der Waals surface area contributed by atoms with E-state index in [0.717, 1.165) is 47.4 Å². The highest BCUT2D eigenvalue weighted by molar-refractivity contribution is 6.32. The van der Waals surface area contributed by atoms with Gasteiger partial charge in [0, 0.05) is 61.1 Å². The number of halogens is 1. The summed E-state index contributed by atoms with van der Waals surface area (Å²) in [4.78, 5) is 27.1. The van der Waals surface area contributed by atoms with Gasteiger partial charge < -0.3 is 4.90 Å². The topological polar surface area (TPSA) is 49.3 Å². The van der Waals surface area contributed by atoms with Gasteiger partial charge in [0.15, 0.2) is 0 Å². The number of benzene rings is 2. The average Bonchev–Trinajstić information content (AvgIpc) is 2.87. The highest BCUT2D eigenvalue weighted by atomic mass is 35.5. The molecule has 6 heteroatoms. The Morgan fingerprint density at radius 3 is 2.52 bits per heavy atom. The first kappa shape index (κ1) is 21.6. The number of hydrogen-bond acceptors (Lipinski definition) is 4. The number of amides is 1. The van der Waals surface area contributed by atoms with Gasteiger partial charge in [0.25, 0.3) is 5.91 Å². The molecule has 33 heavy (non-hydrogen) atoms. The summed E-state index contributed by atoms with van der Waals surface area (Å²) >= 11 is 6.40. The lowest BCUT2D eigenvalue weighted by atomic mass is 10.0. The third kappa shape index (κ3) is 4.47. The molecule has 0 N–H and O–H groups in total. The van der Waals surface area contributed by atoms with Crippen LogP contribution >= 0.6 is 11.6 Å². The Balaban J connectivity index is 1.44. The highest BCUT2D eigenvalue weighted by Gasteiger charge is 2.25. The fraction of sp³-hybridized carbons (Fsp3) is 0.222. The van der Waals surface area contributed by atoms with Crippen LogP contribution < -0.4 is 0 Å². The third-order valence-corrected chi connectivity index (χ3v) is 6.67. The molecule has 0 bridgehead atoms. The first-order chi connectivity index (χ1) is 16.1. The molecule has 4 aromatic rings. The molecule has 0 spiro atoms. The SMILES string of the molecule is Cc1c(Cl)ccc2c(C(=O)N3CCN(Cc4ccccc4)CC3)cc(-c3cccnc3)nc12. The summed E-state index contributed by atoms with van der Waals surface area (Å²) in [7, 11) is 0. The molecule has 3 heterocycles. The molecule has 0 atom stereocenters. The molecule has 0 radical (unpaired) electrons. The fourth-order valence-corrected chi connectivity index (χ4v) is 4.52. The first-order valence-corrected chi connectivity index (χ1v) is 11.5. The van der Waals surface area contributed by atoms with Crippen molar-refractivity contribution in [1.29, 1.82) is 0 Å². The minimum absolute atomic E-state index is 0.0358. The number of carbonyl (C=O) groups is 1. The second kappa shape index (κ2) is 9.30. The van der Waals surface area contributed by atoms with Crippen molar-refractivity contribution in [2.24, 2.45) is 0 Å². The zero-order valence-electron chi connectivity index (χ0n) is 18.5. The summed E-state index contributed by atoms with van der Waals surface area (Å²) in [6.07, 6.45) is 3.50. The van der Waals surface area contributed by atoms with Gasteiger partial charge >= 0.3 is 0 Å². The summed E-state index contributed by atoms with van der Waals surface area (Å²) in [5.74, 6) is 0.0358. The van der Waals surface area contributed by atoms with E-state index in [1.165, 1.54) is 5.56 Å². The smallest absolute Gasteiger partial charge is 0.254 e. The van der Waals surface area contributed by atoms with Crippen molar-refractivity contribution in [2.75, 3.05) is 26.2 Å². The second-order valence-corrected chi connectivity index (χ2v) is 8.83. The van der Waals surface area contributed by atoms with Crippen LogP contribution in [-0.2, 0) is 6.54 Å². The van der Waals surface area contributed by atoms with Gasteiger partial charge in [-0.25, -0.2) is 4.98 Å². The quantitative estimate of drug-likeness (QED) is 0.422. The van der Waals surface area contributed by atoms with Crippen molar-refractivity contribution >= 4 is 28.4 Å². The summed E-state index contributed by atoms with van der Waals surface area (Å²) < 4.78 is 0. The van der Waals surface area contributed by atoms with E-state index >= 15 is 0 Å². The molecule has 1 aliphatic rings. The number of aromatic nitrogens is 2. The lowest BCUT2D eigenvalue weighted by Gasteiger charge is -2.35. The molecule has 1 aliphatic heterocycles. The number of nitrogens with zero attached hydrogens (tertiary/aromatic N) is 4. The van der Waals surface area contributed by atoms with Gasteiger partial charge in [-0.2, -0.15) is 0 Å². The van der Waals surface area contributed by atoms with Gasteiger partial charge in [-0.3, -0.25) is 14.7 Å². The van der Waals surface area contributed by atoms with Crippen molar-refractivity contribution in [3.63, 3.8) is 0 Å². The van der Waals surface area contributed by atoms with E-state index in [-0.39, 0.29) is 5.91 Å². The number of piperazine rings is 1. The lowest BCUT2D eigenvalue weighted by molar-refractivity contribution is 0.0630. The monoisotopic (exact) mass is 456 g/mol. The van der Waals surface area contributed by atoms with Crippen LogP contribution in [0.15, 0.2) is 73.1 Å². The number of fused-ring (bicyclic) bond motifs is 1. The van der Waals surface area contributed by atoms with Crippen LogP contribution in [-0.4, -0.2) is 51.9 Å². The summed E-state index contributed by atoms with van der Waals surface area (Å²) in [6, 6.07) is 19.9. The zero-order chi connectivity index (χ0) is 22.8. The van der Waals surface area contributed by atoms with E-state index in [4.69, 9.17) is 16.6 Å². The van der Waals surface area contributed by atoms with Crippen LogP contribution in [0.25, 0.3) is 22.2 Å². The lowest BCUT2D eigenvalue weighted by Crippen LogP contribution is -2.48. The fourth-order valence-electron chi connectivity index (χ4n) is 4.36. The van der Waals surface area contributed by atoms with Crippen LogP contribution in [0.2, 0.25) is 5.02 Å². The molecule has 5 nitrogen and oxygen atoms in total. The van der Waals surface area contributed by atoms with E-state index in [0.29, 0.717) is 23.7 Å². The molecule has 5 rings (SSSR count). The van der Waals surface area contributed by atoms with Crippen molar-refractivity contribution < 1.29 is 4.79 Å². The predicted octanol–water partition coefficient (Wildman–Crippen LogP) is 5.22. The van der Waals surface area contributed by atoms with Gasteiger partial charge in [-0.1, -0.05) is 48.0 Å². The maximum absolute atomic E-state index is 13.7. The molecular weight excluding hydrogens is 432 g/mol. The van der Waals surface area contributed by atoms with Gasteiger partial charge in [-0.15, -0.1) is 0 Å². The summed E-state index contributed by atoms with van der Waals surface area (Å²) in [6.45, 7) is 5.95. The maximum atomic E-state index is 13.7. The van der Waals surface area contributed by atoms with Crippen molar-refractivity contribution in [2.45, 2.75) is 13.5 Å². The van der Waals surface area contributed by atoms with Crippen molar-refractivity contribution in [3.8, 4) is 11.3 Å². The Morgan fingerprint density at radius 1 is 1.00 bits per heavy atom. The molecule has 0 aliphatic carbocycles. The third-order valence-electron chi connectivity index (χ3n) is 6.26.